The first kappa shape index (κ1) is 14.0. The minimum atomic E-state index is 1.12. The predicted molar refractivity (Wildman–Crippen MR) is 104 cm³/mol. The van der Waals surface area contributed by atoms with Crippen LogP contribution in [0.4, 0.5) is 5.69 Å². The molecular formula is C23H16N2. The minimum Gasteiger partial charge on any atom is -0.361 e. The van der Waals surface area contributed by atoms with Gasteiger partial charge in [-0.1, -0.05) is 54.6 Å². The van der Waals surface area contributed by atoms with Crippen LogP contribution >= 0.6 is 0 Å². The summed E-state index contributed by atoms with van der Waals surface area (Å²) in [5, 5.41) is 6.43. The van der Waals surface area contributed by atoms with Crippen molar-refractivity contribution in [2.45, 2.75) is 0 Å². The quantitative estimate of drug-likeness (QED) is 0.450. The van der Waals surface area contributed by atoms with Crippen LogP contribution in [-0.2, 0) is 0 Å². The number of rotatable bonds is 0. The van der Waals surface area contributed by atoms with Crippen molar-refractivity contribution in [1.82, 2.24) is 4.98 Å². The van der Waals surface area contributed by atoms with E-state index >= 15 is 0 Å². The van der Waals surface area contributed by atoms with Gasteiger partial charge in [-0.25, -0.2) is 0 Å². The smallest absolute Gasteiger partial charge is 0.0781 e. The SMILES string of the molecule is C1=Nc2c3c(ccc2=C1)=c1ccccc1=C3.c1ccc2[nH]ccc2c1. The van der Waals surface area contributed by atoms with Gasteiger partial charge in [0.2, 0.25) is 0 Å². The Labute approximate surface area is 144 Å². The van der Waals surface area contributed by atoms with Crippen LogP contribution in [0.15, 0.2) is 77.9 Å². The summed E-state index contributed by atoms with van der Waals surface area (Å²) >= 11 is 0. The van der Waals surface area contributed by atoms with Gasteiger partial charge in [0.25, 0.3) is 0 Å². The third-order valence-corrected chi connectivity index (χ3v) is 4.72. The third kappa shape index (κ3) is 2.31. The van der Waals surface area contributed by atoms with Crippen LogP contribution in [0.5, 0.6) is 0 Å². The van der Waals surface area contributed by atoms with Crippen LogP contribution in [0.2, 0.25) is 0 Å². The summed E-state index contributed by atoms with van der Waals surface area (Å²) in [7, 11) is 0. The molecule has 1 aromatic heterocycles. The van der Waals surface area contributed by atoms with Crippen molar-refractivity contribution in [3.63, 3.8) is 0 Å². The summed E-state index contributed by atoms with van der Waals surface area (Å²) in [4.78, 5) is 7.56. The first-order valence-corrected chi connectivity index (χ1v) is 8.41. The van der Waals surface area contributed by atoms with Crippen LogP contribution in [0, 0.1) is 10.4 Å². The van der Waals surface area contributed by atoms with E-state index in [0.717, 1.165) is 5.69 Å². The fraction of sp³-hybridized carbons (Fsp3) is 0. The zero-order chi connectivity index (χ0) is 16.6. The second-order valence-corrected chi connectivity index (χ2v) is 6.21. The van der Waals surface area contributed by atoms with Crippen molar-refractivity contribution in [2.75, 3.05) is 0 Å². The Balaban J connectivity index is 0.000000132. The molecule has 2 heterocycles. The van der Waals surface area contributed by atoms with Crippen molar-refractivity contribution in [3.05, 3.63) is 99.4 Å². The summed E-state index contributed by atoms with van der Waals surface area (Å²) in [5.41, 5.74) is 3.59. The lowest BCUT2D eigenvalue weighted by Gasteiger charge is -1.96. The fourth-order valence-electron chi connectivity index (χ4n) is 3.50. The molecule has 2 aliphatic rings. The monoisotopic (exact) mass is 320 g/mol. The molecule has 118 valence electrons. The van der Waals surface area contributed by atoms with Crippen LogP contribution in [-0.4, -0.2) is 11.2 Å². The van der Waals surface area contributed by atoms with E-state index < -0.39 is 0 Å². The molecule has 25 heavy (non-hydrogen) atoms. The molecule has 3 aromatic carbocycles. The average molecular weight is 320 g/mol. The van der Waals surface area contributed by atoms with E-state index in [1.54, 1.807) is 0 Å². The molecule has 0 radical (unpaired) electrons. The maximum absolute atomic E-state index is 4.44. The Morgan fingerprint density at radius 1 is 0.720 bits per heavy atom. The van der Waals surface area contributed by atoms with Crippen molar-refractivity contribution in [1.29, 1.82) is 0 Å². The van der Waals surface area contributed by atoms with E-state index in [1.807, 2.05) is 24.5 Å². The molecule has 0 amide bonds. The number of H-pyrrole nitrogens is 1. The van der Waals surface area contributed by atoms with Crippen molar-refractivity contribution < 1.29 is 0 Å². The van der Waals surface area contributed by atoms with Gasteiger partial charge >= 0.3 is 0 Å². The largest absolute Gasteiger partial charge is 0.361 e. The van der Waals surface area contributed by atoms with Gasteiger partial charge in [-0.15, -0.1) is 0 Å². The Hall–Kier alpha value is -3.39. The molecule has 6 rings (SSSR count). The standard InChI is InChI=1S/C15H9N.C8H7N/c1-2-4-12-11(3-1)9-14-13(12)6-5-10-7-8-16-15(10)14;1-2-4-8-7(3-1)5-6-9-8/h1-9H;1-6,9H. The molecule has 1 aliphatic heterocycles. The molecular weight excluding hydrogens is 304 g/mol. The highest BCUT2D eigenvalue weighted by Gasteiger charge is 2.09. The van der Waals surface area contributed by atoms with E-state index in [1.165, 1.54) is 37.3 Å². The Morgan fingerprint density at radius 3 is 2.56 bits per heavy atom. The molecule has 0 unspecified atom stereocenters. The Morgan fingerprint density at radius 2 is 1.60 bits per heavy atom. The van der Waals surface area contributed by atoms with Crippen molar-refractivity contribution in [3.8, 4) is 0 Å². The second-order valence-electron chi connectivity index (χ2n) is 6.21. The number of aromatic amines is 1. The molecule has 2 nitrogen and oxygen atoms in total. The zero-order valence-electron chi connectivity index (χ0n) is 13.6. The summed E-state index contributed by atoms with van der Waals surface area (Å²) in [6, 6.07) is 23.1. The normalized spacial score (nSPS) is 12.5. The number of aromatic nitrogens is 1. The number of fused-ring (bicyclic) bond motifs is 5. The van der Waals surface area contributed by atoms with Crippen LogP contribution < -0.4 is 10.4 Å². The Bertz CT molecular complexity index is 1310. The third-order valence-electron chi connectivity index (χ3n) is 4.72. The van der Waals surface area contributed by atoms with Gasteiger partial charge in [0.15, 0.2) is 0 Å². The van der Waals surface area contributed by atoms with Gasteiger partial charge in [-0.05, 0) is 45.3 Å². The number of nitrogens with zero attached hydrogens (tertiary/aromatic N) is 1. The molecule has 4 aromatic rings. The Kier molecular flexibility index (Phi) is 3.14. The van der Waals surface area contributed by atoms with Gasteiger partial charge in [0.1, 0.15) is 0 Å². The predicted octanol–water partition coefficient (Wildman–Crippen LogP) is 3.78. The number of benzene rings is 3. The molecule has 0 saturated heterocycles. The molecule has 0 saturated carbocycles. The van der Waals surface area contributed by atoms with Gasteiger partial charge in [-0.3, -0.25) is 4.99 Å². The van der Waals surface area contributed by atoms with E-state index in [-0.39, 0.29) is 0 Å². The fourth-order valence-corrected chi connectivity index (χ4v) is 3.50. The van der Waals surface area contributed by atoms with E-state index in [4.69, 9.17) is 0 Å². The summed E-state index contributed by atoms with van der Waals surface area (Å²) < 4.78 is 0. The number of aliphatic imine (C=N–C) groups is 1. The highest BCUT2D eigenvalue weighted by molar-refractivity contribution is 5.98. The van der Waals surface area contributed by atoms with Crippen LogP contribution in [0.3, 0.4) is 0 Å². The highest BCUT2D eigenvalue weighted by atomic mass is 14.7. The van der Waals surface area contributed by atoms with Crippen LogP contribution in [0.25, 0.3) is 23.1 Å². The lowest BCUT2D eigenvalue weighted by atomic mass is 10.1. The van der Waals surface area contributed by atoms with E-state index in [9.17, 15) is 0 Å². The molecule has 1 aliphatic carbocycles. The number of hydrogen-bond acceptors (Lipinski definition) is 1. The molecule has 0 spiro atoms. The van der Waals surface area contributed by atoms with E-state index in [0.29, 0.717) is 0 Å². The average Bonchev–Trinajstić information content (AvgIpc) is 3.38. The topological polar surface area (TPSA) is 28.1 Å². The first-order valence-electron chi connectivity index (χ1n) is 8.41. The van der Waals surface area contributed by atoms with Gasteiger partial charge in [0, 0.05) is 28.7 Å². The lowest BCUT2D eigenvalue weighted by molar-refractivity contribution is 1.43. The van der Waals surface area contributed by atoms with E-state index in [2.05, 4.69) is 76.7 Å². The molecule has 1 N–H and O–H groups in total. The highest BCUT2D eigenvalue weighted by Crippen LogP contribution is 2.21. The summed E-state index contributed by atoms with van der Waals surface area (Å²) in [6.45, 7) is 0. The van der Waals surface area contributed by atoms with Crippen molar-refractivity contribution >= 4 is 35.0 Å². The number of hydrogen-bond donors (Lipinski definition) is 1. The van der Waals surface area contributed by atoms with Gasteiger partial charge in [-0.2, -0.15) is 0 Å². The van der Waals surface area contributed by atoms with Crippen molar-refractivity contribution in [2.24, 2.45) is 4.99 Å². The number of para-hydroxylation sites is 1. The maximum atomic E-state index is 4.44. The first-order chi connectivity index (χ1) is 12.4. The van der Waals surface area contributed by atoms with Crippen LogP contribution in [0.1, 0.15) is 5.56 Å². The summed E-state index contributed by atoms with van der Waals surface area (Å²) in [6.07, 6.45) is 8.12. The molecule has 0 fully saturated rings. The summed E-state index contributed by atoms with van der Waals surface area (Å²) in [5.74, 6) is 0. The lowest BCUT2D eigenvalue weighted by Crippen LogP contribution is -1.98. The molecule has 0 atom stereocenters. The maximum Gasteiger partial charge on any atom is 0.0781 e. The zero-order valence-corrected chi connectivity index (χ0v) is 13.6. The number of nitrogens with one attached hydrogen (secondary N) is 1. The van der Waals surface area contributed by atoms with Gasteiger partial charge < -0.3 is 4.98 Å². The van der Waals surface area contributed by atoms with Gasteiger partial charge in [0.05, 0.1) is 5.69 Å². The second kappa shape index (κ2) is 5.60. The molecule has 0 bridgehead atoms. The molecule has 2 heteroatoms. The minimum absolute atomic E-state index is 1.12.